The Kier molecular flexibility index (Phi) is 3.81. The lowest BCUT2D eigenvalue weighted by molar-refractivity contribution is 0.217. The Balaban J connectivity index is 2.73. The number of hydrogen-bond donors (Lipinski definition) is 0. The summed E-state index contributed by atoms with van der Waals surface area (Å²) in [5.41, 5.74) is 1.17. The molecule has 0 spiro atoms. The number of rotatable bonds is 4. The second kappa shape index (κ2) is 4.89. The van der Waals surface area contributed by atoms with E-state index in [2.05, 4.69) is 30.9 Å². The molecule has 0 aromatic heterocycles. The first-order valence-electron chi connectivity index (χ1n) is 5.07. The van der Waals surface area contributed by atoms with Gasteiger partial charge in [0.1, 0.15) is 5.75 Å². The average Bonchev–Trinajstić information content (AvgIpc) is 2.18. The SMILES string of the molecule is CC[C@H](C)Oc1cccc(N(C)C)c1. The Labute approximate surface area is 86.5 Å². The molecule has 0 unspecified atom stereocenters. The molecule has 0 fully saturated rings. The van der Waals surface area contributed by atoms with Gasteiger partial charge in [0.15, 0.2) is 0 Å². The highest BCUT2D eigenvalue weighted by molar-refractivity contribution is 5.49. The van der Waals surface area contributed by atoms with Gasteiger partial charge in [0.25, 0.3) is 0 Å². The quantitative estimate of drug-likeness (QED) is 0.729. The van der Waals surface area contributed by atoms with Crippen LogP contribution in [0.4, 0.5) is 5.69 Å². The van der Waals surface area contributed by atoms with Crippen LogP contribution in [0, 0.1) is 0 Å². The van der Waals surface area contributed by atoms with Crippen LogP contribution < -0.4 is 9.64 Å². The van der Waals surface area contributed by atoms with E-state index in [1.807, 2.05) is 26.2 Å². The summed E-state index contributed by atoms with van der Waals surface area (Å²) < 4.78 is 5.73. The molecule has 0 heterocycles. The van der Waals surface area contributed by atoms with Crippen molar-refractivity contribution in [1.82, 2.24) is 0 Å². The summed E-state index contributed by atoms with van der Waals surface area (Å²) in [6, 6.07) is 8.15. The Morgan fingerprint density at radius 2 is 2.07 bits per heavy atom. The molecule has 2 nitrogen and oxygen atoms in total. The Hall–Kier alpha value is -1.18. The van der Waals surface area contributed by atoms with Crippen LogP contribution in [0.2, 0.25) is 0 Å². The Bertz CT molecular complexity index is 283. The zero-order valence-corrected chi connectivity index (χ0v) is 9.45. The summed E-state index contributed by atoms with van der Waals surface area (Å²) in [5, 5.41) is 0. The van der Waals surface area contributed by atoms with Crippen molar-refractivity contribution in [3.8, 4) is 5.75 Å². The van der Waals surface area contributed by atoms with E-state index >= 15 is 0 Å². The van der Waals surface area contributed by atoms with Crippen LogP contribution in [-0.2, 0) is 0 Å². The van der Waals surface area contributed by atoms with Crippen molar-refractivity contribution in [1.29, 1.82) is 0 Å². The maximum atomic E-state index is 5.73. The molecule has 78 valence electrons. The molecule has 14 heavy (non-hydrogen) atoms. The van der Waals surface area contributed by atoms with E-state index in [0.717, 1.165) is 12.2 Å². The third-order valence-electron chi connectivity index (χ3n) is 2.25. The van der Waals surface area contributed by atoms with E-state index in [4.69, 9.17) is 4.74 Å². The van der Waals surface area contributed by atoms with Crippen molar-refractivity contribution in [3.05, 3.63) is 24.3 Å². The molecule has 0 radical (unpaired) electrons. The molecule has 1 aromatic carbocycles. The minimum atomic E-state index is 0.285. The second-order valence-corrected chi connectivity index (χ2v) is 3.73. The highest BCUT2D eigenvalue weighted by Crippen LogP contribution is 2.20. The Morgan fingerprint density at radius 3 is 2.64 bits per heavy atom. The number of hydrogen-bond acceptors (Lipinski definition) is 2. The lowest BCUT2D eigenvalue weighted by Crippen LogP contribution is -2.11. The van der Waals surface area contributed by atoms with Crippen LogP contribution in [-0.4, -0.2) is 20.2 Å². The van der Waals surface area contributed by atoms with E-state index in [0.29, 0.717) is 0 Å². The fraction of sp³-hybridized carbons (Fsp3) is 0.500. The van der Waals surface area contributed by atoms with Gasteiger partial charge in [-0.05, 0) is 25.5 Å². The van der Waals surface area contributed by atoms with Crippen LogP contribution in [0.5, 0.6) is 5.75 Å². The van der Waals surface area contributed by atoms with Crippen LogP contribution >= 0.6 is 0 Å². The number of anilines is 1. The first-order chi connectivity index (χ1) is 6.63. The smallest absolute Gasteiger partial charge is 0.121 e. The van der Waals surface area contributed by atoms with Gasteiger partial charge in [-0.3, -0.25) is 0 Å². The van der Waals surface area contributed by atoms with Gasteiger partial charge in [0.2, 0.25) is 0 Å². The lowest BCUT2D eigenvalue weighted by atomic mass is 10.2. The zero-order valence-electron chi connectivity index (χ0n) is 9.45. The van der Waals surface area contributed by atoms with Gasteiger partial charge >= 0.3 is 0 Å². The molecule has 1 aromatic rings. The maximum absolute atomic E-state index is 5.73. The molecule has 0 N–H and O–H groups in total. The second-order valence-electron chi connectivity index (χ2n) is 3.73. The Morgan fingerprint density at radius 1 is 1.36 bits per heavy atom. The largest absolute Gasteiger partial charge is 0.491 e. The molecule has 0 aliphatic heterocycles. The van der Waals surface area contributed by atoms with Gasteiger partial charge in [-0.2, -0.15) is 0 Å². The van der Waals surface area contributed by atoms with Crippen molar-refractivity contribution in [2.45, 2.75) is 26.4 Å². The molecule has 1 atom stereocenters. The van der Waals surface area contributed by atoms with Crippen LogP contribution in [0.15, 0.2) is 24.3 Å². The van der Waals surface area contributed by atoms with Gasteiger partial charge in [0.05, 0.1) is 6.10 Å². The molecule has 0 aliphatic carbocycles. The van der Waals surface area contributed by atoms with Crippen molar-refractivity contribution < 1.29 is 4.74 Å². The summed E-state index contributed by atoms with van der Waals surface area (Å²) >= 11 is 0. The maximum Gasteiger partial charge on any atom is 0.121 e. The van der Waals surface area contributed by atoms with Gasteiger partial charge < -0.3 is 9.64 Å². The van der Waals surface area contributed by atoms with Gasteiger partial charge in [0, 0.05) is 25.8 Å². The number of ether oxygens (including phenoxy) is 1. The van der Waals surface area contributed by atoms with Crippen molar-refractivity contribution in [3.63, 3.8) is 0 Å². The minimum absolute atomic E-state index is 0.285. The molecule has 2 heteroatoms. The molecule has 0 saturated carbocycles. The molecule has 0 amide bonds. The fourth-order valence-electron chi connectivity index (χ4n) is 1.15. The predicted octanol–water partition coefficient (Wildman–Crippen LogP) is 2.93. The standard InChI is InChI=1S/C12H19NO/c1-5-10(2)14-12-8-6-7-11(9-12)13(3)4/h6-10H,5H2,1-4H3/t10-/m0/s1. The van der Waals surface area contributed by atoms with Gasteiger partial charge in [-0.25, -0.2) is 0 Å². The third-order valence-corrected chi connectivity index (χ3v) is 2.25. The normalized spacial score (nSPS) is 12.3. The first-order valence-corrected chi connectivity index (χ1v) is 5.07. The molecule has 0 bridgehead atoms. The molecule has 0 saturated heterocycles. The summed E-state index contributed by atoms with van der Waals surface area (Å²) in [4.78, 5) is 2.07. The molecular weight excluding hydrogens is 174 g/mol. The van der Waals surface area contributed by atoms with E-state index in [-0.39, 0.29) is 6.10 Å². The zero-order chi connectivity index (χ0) is 10.6. The summed E-state index contributed by atoms with van der Waals surface area (Å²) in [5.74, 6) is 0.950. The van der Waals surface area contributed by atoms with E-state index in [1.54, 1.807) is 0 Å². The van der Waals surface area contributed by atoms with E-state index < -0.39 is 0 Å². The fourth-order valence-corrected chi connectivity index (χ4v) is 1.15. The van der Waals surface area contributed by atoms with Gasteiger partial charge in [-0.15, -0.1) is 0 Å². The average molecular weight is 193 g/mol. The highest BCUT2D eigenvalue weighted by atomic mass is 16.5. The molecule has 1 rings (SSSR count). The van der Waals surface area contributed by atoms with Crippen molar-refractivity contribution in [2.75, 3.05) is 19.0 Å². The lowest BCUT2D eigenvalue weighted by Gasteiger charge is -2.16. The molecule has 0 aliphatic rings. The number of benzene rings is 1. The topological polar surface area (TPSA) is 12.5 Å². The van der Waals surface area contributed by atoms with E-state index in [1.165, 1.54) is 5.69 Å². The van der Waals surface area contributed by atoms with Crippen LogP contribution in [0.1, 0.15) is 20.3 Å². The van der Waals surface area contributed by atoms with E-state index in [9.17, 15) is 0 Å². The van der Waals surface area contributed by atoms with Crippen molar-refractivity contribution >= 4 is 5.69 Å². The number of nitrogens with zero attached hydrogens (tertiary/aromatic N) is 1. The van der Waals surface area contributed by atoms with Crippen molar-refractivity contribution in [2.24, 2.45) is 0 Å². The summed E-state index contributed by atoms with van der Waals surface area (Å²) in [6.07, 6.45) is 1.32. The highest BCUT2D eigenvalue weighted by Gasteiger charge is 2.02. The summed E-state index contributed by atoms with van der Waals surface area (Å²) in [7, 11) is 4.06. The minimum Gasteiger partial charge on any atom is -0.491 e. The van der Waals surface area contributed by atoms with Gasteiger partial charge in [-0.1, -0.05) is 13.0 Å². The summed E-state index contributed by atoms with van der Waals surface area (Å²) in [6.45, 7) is 4.21. The molecular formula is C12H19NO. The monoisotopic (exact) mass is 193 g/mol. The first kappa shape index (κ1) is 10.9. The van der Waals surface area contributed by atoms with Crippen LogP contribution in [0.25, 0.3) is 0 Å². The predicted molar refractivity (Wildman–Crippen MR) is 61.2 cm³/mol. The van der Waals surface area contributed by atoms with Crippen LogP contribution in [0.3, 0.4) is 0 Å². The third kappa shape index (κ3) is 2.95.